The summed E-state index contributed by atoms with van der Waals surface area (Å²) in [6.07, 6.45) is 0. The predicted molar refractivity (Wildman–Crippen MR) is 224 cm³/mol. The van der Waals surface area contributed by atoms with E-state index in [0.29, 0.717) is 0 Å². The van der Waals surface area contributed by atoms with E-state index < -0.39 is 5.41 Å². The molecule has 2 nitrogen and oxygen atoms in total. The van der Waals surface area contributed by atoms with E-state index in [1.165, 1.54) is 60.8 Å². The van der Waals surface area contributed by atoms with Crippen LogP contribution in [0.4, 0.5) is 0 Å². The van der Waals surface area contributed by atoms with E-state index in [2.05, 4.69) is 211 Å². The van der Waals surface area contributed by atoms with Gasteiger partial charge in [-0.25, -0.2) is 4.98 Å². The fourth-order valence-electron chi connectivity index (χ4n) is 9.17. The van der Waals surface area contributed by atoms with Gasteiger partial charge in [0.1, 0.15) is 5.82 Å². The third-order valence-corrected chi connectivity index (χ3v) is 11.5. The Morgan fingerprint density at radius 3 is 1.72 bits per heavy atom. The molecular weight excluding hydrogens is 653 g/mol. The molecule has 8 aromatic carbocycles. The summed E-state index contributed by atoms with van der Waals surface area (Å²) in [6, 6.07) is 75.2. The van der Waals surface area contributed by atoms with Crippen LogP contribution in [0.2, 0.25) is 0 Å². The first-order valence-electron chi connectivity index (χ1n) is 18.6. The van der Waals surface area contributed by atoms with E-state index in [1.807, 2.05) is 0 Å². The van der Waals surface area contributed by atoms with Crippen molar-refractivity contribution in [1.29, 1.82) is 0 Å². The molecule has 1 aliphatic carbocycles. The maximum absolute atomic E-state index is 5.42. The first kappa shape index (κ1) is 30.6. The number of para-hydroxylation sites is 2. The lowest BCUT2D eigenvalue weighted by Crippen LogP contribution is -2.28. The third-order valence-electron chi connectivity index (χ3n) is 11.5. The Balaban J connectivity index is 1.21. The van der Waals surface area contributed by atoms with E-state index in [9.17, 15) is 0 Å². The monoisotopic (exact) mass is 686 g/mol. The summed E-state index contributed by atoms with van der Waals surface area (Å²) >= 11 is 0. The summed E-state index contributed by atoms with van der Waals surface area (Å²) in [6.45, 7) is 0. The Morgan fingerprint density at radius 2 is 0.944 bits per heavy atom. The van der Waals surface area contributed by atoms with Crippen LogP contribution < -0.4 is 0 Å². The summed E-state index contributed by atoms with van der Waals surface area (Å²) in [5, 5.41) is 3.55. The van der Waals surface area contributed by atoms with Crippen LogP contribution >= 0.6 is 0 Å². The molecule has 2 aromatic heterocycles. The van der Waals surface area contributed by atoms with Crippen molar-refractivity contribution in [3.05, 3.63) is 229 Å². The third kappa shape index (κ3) is 4.44. The predicted octanol–water partition coefficient (Wildman–Crippen LogP) is 13.0. The fraction of sp³-hybridized carbons (Fsp3) is 0.0192. The van der Waals surface area contributed by atoms with Crippen molar-refractivity contribution in [3.63, 3.8) is 0 Å². The maximum atomic E-state index is 5.42. The van der Waals surface area contributed by atoms with Gasteiger partial charge in [-0.2, -0.15) is 0 Å². The zero-order valence-electron chi connectivity index (χ0n) is 29.5. The van der Waals surface area contributed by atoms with E-state index >= 15 is 0 Å². The number of pyridine rings is 1. The SMILES string of the molecule is c1ccc(-c2cccc(-c3cc(-n4c5ccccc5c5ccc(C6(c7ccccc7)c7ccccc7-c7ccccc76)cc54)nc4ccccc34)c2)cc1. The van der Waals surface area contributed by atoms with Crippen molar-refractivity contribution in [2.24, 2.45) is 0 Å². The fourth-order valence-corrected chi connectivity index (χ4v) is 9.17. The highest BCUT2D eigenvalue weighted by Gasteiger charge is 2.46. The van der Waals surface area contributed by atoms with Crippen molar-refractivity contribution in [3.8, 4) is 39.2 Å². The van der Waals surface area contributed by atoms with Crippen LogP contribution in [0.1, 0.15) is 22.3 Å². The zero-order chi connectivity index (χ0) is 35.6. The van der Waals surface area contributed by atoms with Crippen LogP contribution in [-0.4, -0.2) is 9.55 Å². The Bertz CT molecular complexity index is 3000. The van der Waals surface area contributed by atoms with Crippen LogP contribution in [-0.2, 0) is 5.41 Å². The van der Waals surface area contributed by atoms with E-state index in [4.69, 9.17) is 4.98 Å². The molecule has 252 valence electrons. The normalized spacial score (nSPS) is 13.0. The molecule has 2 heterocycles. The molecular formula is C52H34N2. The molecule has 0 saturated carbocycles. The molecule has 11 rings (SSSR count). The van der Waals surface area contributed by atoms with Gasteiger partial charge in [-0.15, -0.1) is 0 Å². The summed E-state index contributed by atoms with van der Waals surface area (Å²) in [4.78, 5) is 5.42. The second-order valence-electron chi connectivity index (χ2n) is 14.3. The first-order valence-corrected chi connectivity index (χ1v) is 18.6. The van der Waals surface area contributed by atoms with Gasteiger partial charge in [0.15, 0.2) is 0 Å². The Labute approximate surface area is 314 Å². The summed E-state index contributed by atoms with van der Waals surface area (Å²) in [5.41, 5.74) is 15.2. The highest BCUT2D eigenvalue weighted by atomic mass is 15.1. The average molecular weight is 687 g/mol. The van der Waals surface area contributed by atoms with Crippen LogP contribution in [0.3, 0.4) is 0 Å². The molecule has 0 amide bonds. The zero-order valence-corrected chi connectivity index (χ0v) is 29.5. The number of aromatic nitrogens is 2. The molecule has 0 spiro atoms. The maximum Gasteiger partial charge on any atom is 0.138 e. The van der Waals surface area contributed by atoms with Crippen molar-refractivity contribution in [1.82, 2.24) is 9.55 Å². The molecule has 54 heavy (non-hydrogen) atoms. The van der Waals surface area contributed by atoms with Gasteiger partial charge in [0.25, 0.3) is 0 Å². The Kier molecular flexibility index (Phi) is 6.80. The second kappa shape index (κ2) is 12.0. The van der Waals surface area contributed by atoms with E-state index in [1.54, 1.807) is 0 Å². The molecule has 0 unspecified atom stereocenters. The minimum atomic E-state index is -0.496. The number of fused-ring (bicyclic) bond motifs is 7. The quantitative estimate of drug-likeness (QED) is 0.176. The van der Waals surface area contributed by atoms with Crippen molar-refractivity contribution >= 4 is 32.7 Å². The minimum absolute atomic E-state index is 0.496. The van der Waals surface area contributed by atoms with Gasteiger partial charge in [-0.05, 0) is 86.0 Å². The van der Waals surface area contributed by atoms with E-state index in [-0.39, 0.29) is 0 Å². The molecule has 0 fully saturated rings. The smallest absolute Gasteiger partial charge is 0.138 e. The molecule has 10 aromatic rings. The first-order chi connectivity index (χ1) is 26.8. The van der Waals surface area contributed by atoms with Crippen LogP contribution in [0.15, 0.2) is 206 Å². The Hall–Kier alpha value is -7.03. The number of nitrogens with zero attached hydrogens (tertiary/aromatic N) is 2. The second-order valence-corrected chi connectivity index (χ2v) is 14.3. The lowest BCUT2D eigenvalue weighted by Gasteiger charge is -2.34. The highest BCUT2D eigenvalue weighted by Crippen LogP contribution is 2.56. The molecule has 0 radical (unpaired) electrons. The number of hydrogen-bond acceptors (Lipinski definition) is 1. The molecule has 0 aliphatic heterocycles. The lowest BCUT2D eigenvalue weighted by atomic mass is 9.67. The summed E-state index contributed by atoms with van der Waals surface area (Å²) < 4.78 is 2.39. The number of benzene rings is 8. The number of hydrogen-bond donors (Lipinski definition) is 0. The lowest BCUT2D eigenvalue weighted by molar-refractivity contribution is 0.769. The highest BCUT2D eigenvalue weighted by molar-refractivity contribution is 6.10. The van der Waals surface area contributed by atoms with Gasteiger partial charge in [-0.3, -0.25) is 4.57 Å². The van der Waals surface area contributed by atoms with Crippen LogP contribution in [0, 0.1) is 0 Å². The standard InChI is InChI=1S/C52H34N2/c1-3-16-35(17-4-1)36-18-15-19-37(32-36)45-34-51(53-48-28-13-9-24-42(45)48)54-49-29-14-10-25-43(49)44-31-30-39(33-50(44)54)52(38-20-5-2-6-21-38)46-26-11-7-22-40(46)41-23-8-12-27-47(41)52/h1-34H. The van der Waals surface area contributed by atoms with Crippen LogP contribution in [0.5, 0.6) is 0 Å². The molecule has 0 atom stereocenters. The van der Waals surface area contributed by atoms with E-state index in [0.717, 1.165) is 33.3 Å². The molecule has 0 bridgehead atoms. The van der Waals surface area contributed by atoms with Crippen LogP contribution in [0.25, 0.3) is 71.9 Å². The van der Waals surface area contributed by atoms with Crippen molar-refractivity contribution in [2.75, 3.05) is 0 Å². The molecule has 0 saturated heterocycles. The average Bonchev–Trinajstić information content (AvgIpc) is 3.74. The largest absolute Gasteiger partial charge is 0.294 e. The molecule has 2 heteroatoms. The number of rotatable bonds is 5. The summed E-state index contributed by atoms with van der Waals surface area (Å²) in [7, 11) is 0. The summed E-state index contributed by atoms with van der Waals surface area (Å²) in [5.74, 6) is 0.901. The van der Waals surface area contributed by atoms with Gasteiger partial charge >= 0.3 is 0 Å². The molecule has 0 N–H and O–H groups in total. The minimum Gasteiger partial charge on any atom is -0.294 e. The molecule has 1 aliphatic rings. The topological polar surface area (TPSA) is 17.8 Å². The van der Waals surface area contributed by atoms with Gasteiger partial charge in [0.2, 0.25) is 0 Å². The van der Waals surface area contributed by atoms with Gasteiger partial charge in [0, 0.05) is 16.2 Å². The van der Waals surface area contributed by atoms with Crippen molar-refractivity contribution in [2.45, 2.75) is 5.41 Å². The Morgan fingerprint density at radius 1 is 0.352 bits per heavy atom. The van der Waals surface area contributed by atoms with Crippen molar-refractivity contribution < 1.29 is 0 Å². The van der Waals surface area contributed by atoms with Gasteiger partial charge < -0.3 is 0 Å². The van der Waals surface area contributed by atoms with Gasteiger partial charge in [-0.1, -0.05) is 176 Å². The van der Waals surface area contributed by atoms with Gasteiger partial charge in [0.05, 0.1) is 22.0 Å².